The Morgan fingerprint density at radius 1 is 0.327 bits per heavy atom. The maximum atomic E-state index is 5.48. The molecule has 9 aromatic carbocycles. The highest BCUT2D eigenvalue weighted by Crippen LogP contribution is 2.42. The van der Waals surface area contributed by atoms with E-state index < -0.39 is 0 Å². The minimum Gasteiger partial charge on any atom is -0.228 e. The van der Waals surface area contributed by atoms with Crippen molar-refractivity contribution in [2.45, 2.75) is 0 Å². The van der Waals surface area contributed by atoms with Gasteiger partial charge in [-0.1, -0.05) is 170 Å². The SMILES string of the molecule is c1ccc(-c2ccccc2-c2cc(-c3ccc(-c4cccc5sc6ccccc6c45)cc3)nc(-c3c4ccccc4cc4c3ccc3ccccc34)n2)cc1. The smallest absolute Gasteiger partial charge is 0.161 e. The molecular weight excluding hydrogens is 685 g/mol. The number of rotatable bonds is 5. The Kier molecular flexibility index (Phi) is 7.39. The number of fused-ring (bicyclic) bond motifs is 7. The zero-order valence-corrected chi connectivity index (χ0v) is 30.6. The molecule has 0 saturated heterocycles. The highest BCUT2D eigenvalue weighted by molar-refractivity contribution is 7.25. The second kappa shape index (κ2) is 12.9. The first-order chi connectivity index (χ1) is 27.3. The van der Waals surface area contributed by atoms with Crippen molar-refractivity contribution in [2.24, 2.45) is 0 Å². The largest absolute Gasteiger partial charge is 0.228 e. The van der Waals surface area contributed by atoms with Crippen LogP contribution in [0.2, 0.25) is 0 Å². The first-order valence-corrected chi connectivity index (χ1v) is 19.5. The fourth-order valence-corrected chi connectivity index (χ4v) is 9.45. The van der Waals surface area contributed by atoms with E-state index in [4.69, 9.17) is 9.97 Å². The van der Waals surface area contributed by atoms with E-state index >= 15 is 0 Å². The summed E-state index contributed by atoms with van der Waals surface area (Å²) in [5, 5.41) is 9.71. The molecule has 0 spiro atoms. The highest BCUT2D eigenvalue weighted by atomic mass is 32.1. The molecule has 0 aliphatic heterocycles. The van der Waals surface area contributed by atoms with Gasteiger partial charge in [0.05, 0.1) is 11.4 Å². The molecule has 0 radical (unpaired) electrons. The molecule has 0 unspecified atom stereocenters. The van der Waals surface area contributed by atoms with Gasteiger partial charge in [-0.25, -0.2) is 9.97 Å². The van der Waals surface area contributed by atoms with Gasteiger partial charge in [0.25, 0.3) is 0 Å². The lowest BCUT2D eigenvalue weighted by Gasteiger charge is -2.16. The van der Waals surface area contributed by atoms with Crippen LogP contribution in [0.1, 0.15) is 0 Å². The molecule has 0 fully saturated rings. The van der Waals surface area contributed by atoms with E-state index in [1.54, 1.807) is 0 Å². The average molecular weight is 717 g/mol. The van der Waals surface area contributed by atoms with Crippen LogP contribution in [-0.4, -0.2) is 9.97 Å². The van der Waals surface area contributed by atoms with Crippen molar-refractivity contribution < 1.29 is 0 Å². The van der Waals surface area contributed by atoms with E-state index in [0.717, 1.165) is 50.0 Å². The number of thiophene rings is 1. The second-order valence-corrected chi connectivity index (χ2v) is 15.2. The molecule has 2 aromatic heterocycles. The molecule has 3 heteroatoms. The highest BCUT2D eigenvalue weighted by Gasteiger charge is 2.19. The molecule has 11 aromatic rings. The van der Waals surface area contributed by atoms with Gasteiger partial charge in [-0.3, -0.25) is 0 Å². The molecule has 0 aliphatic rings. The molecule has 0 aliphatic carbocycles. The standard InChI is InChI=1S/C52H32N2S/c1-2-13-33(14-3-1)38-17-8-9-20-42(38)47-32-46(36-27-25-35(26-28-36)40-22-12-24-49-50(40)44-21-10-11-23-48(44)55-49)53-52(54-47)51-41-19-7-5-16-37(41)31-45-39-18-6-4-15-34(39)29-30-43(45)51/h1-32H. The number of nitrogens with zero attached hydrogens (tertiary/aromatic N) is 2. The molecule has 0 atom stereocenters. The maximum absolute atomic E-state index is 5.48. The van der Waals surface area contributed by atoms with Crippen molar-refractivity contribution in [3.63, 3.8) is 0 Å². The van der Waals surface area contributed by atoms with E-state index in [1.807, 2.05) is 11.3 Å². The van der Waals surface area contributed by atoms with Crippen LogP contribution >= 0.6 is 11.3 Å². The minimum absolute atomic E-state index is 0.714. The summed E-state index contributed by atoms with van der Waals surface area (Å²) in [4.78, 5) is 10.9. The van der Waals surface area contributed by atoms with E-state index in [9.17, 15) is 0 Å². The topological polar surface area (TPSA) is 25.8 Å². The molecule has 2 nitrogen and oxygen atoms in total. The Morgan fingerprint density at radius 3 is 1.80 bits per heavy atom. The first kappa shape index (κ1) is 31.6. The zero-order chi connectivity index (χ0) is 36.3. The van der Waals surface area contributed by atoms with E-state index in [2.05, 4.69) is 194 Å². The van der Waals surface area contributed by atoms with Crippen molar-refractivity contribution >= 4 is 63.8 Å². The normalized spacial score (nSPS) is 11.6. The van der Waals surface area contributed by atoms with Crippen LogP contribution in [0.4, 0.5) is 0 Å². The van der Waals surface area contributed by atoms with Gasteiger partial charge in [0.2, 0.25) is 0 Å². The number of hydrogen-bond acceptors (Lipinski definition) is 3. The molecule has 2 heterocycles. The summed E-state index contributed by atoms with van der Waals surface area (Å²) >= 11 is 1.85. The lowest BCUT2D eigenvalue weighted by molar-refractivity contribution is 1.19. The molecule has 0 amide bonds. The van der Waals surface area contributed by atoms with Gasteiger partial charge < -0.3 is 0 Å². The van der Waals surface area contributed by atoms with E-state index in [-0.39, 0.29) is 0 Å². The lowest BCUT2D eigenvalue weighted by atomic mass is 9.92. The van der Waals surface area contributed by atoms with Gasteiger partial charge in [0, 0.05) is 36.9 Å². The van der Waals surface area contributed by atoms with Crippen LogP contribution in [-0.2, 0) is 0 Å². The number of hydrogen-bond donors (Lipinski definition) is 0. The first-order valence-electron chi connectivity index (χ1n) is 18.7. The third-order valence-corrected chi connectivity index (χ3v) is 12.0. The van der Waals surface area contributed by atoms with Gasteiger partial charge >= 0.3 is 0 Å². The Labute approximate surface area is 322 Å². The minimum atomic E-state index is 0.714. The van der Waals surface area contributed by atoms with Crippen LogP contribution in [0.15, 0.2) is 194 Å². The monoisotopic (exact) mass is 716 g/mol. The molecule has 256 valence electrons. The predicted molar refractivity (Wildman–Crippen MR) is 235 cm³/mol. The Hall–Kier alpha value is -6.94. The number of aromatic nitrogens is 2. The summed E-state index contributed by atoms with van der Waals surface area (Å²) in [5.74, 6) is 0.714. The van der Waals surface area contributed by atoms with Gasteiger partial charge in [-0.2, -0.15) is 0 Å². The van der Waals surface area contributed by atoms with Crippen molar-refractivity contribution in [1.29, 1.82) is 0 Å². The van der Waals surface area contributed by atoms with Gasteiger partial charge in [0.15, 0.2) is 5.82 Å². The summed E-state index contributed by atoms with van der Waals surface area (Å²) in [6.45, 7) is 0. The van der Waals surface area contributed by atoms with Crippen LogP contribution in [0.3, 0.4) is 0 Å². The zero-order valence-electron chi connectivity index (χ0n) is 29.8. The number of benzene rings is 9. The Bertz CT molecular complexity index is 3250. The average Bonchev–Trinajstić information content (AvgIpc) is 3.65. The molecule has 55 heavy (non-hydrogen) atoms. The van der Waals surface area contributed by atoms with Crippen LogP contribution in [0, 0.1) is 0 Å². The fraction of sp³-hybridized carbons (Fsp3) is 0. The molecule has 11 rings (SSSR count). The summed E-state index contributed by atoms with van der Waals surface area (Å²) in [7, 11) is 0. The van der Waals surface area contributed by atoms with Crippen molar-refractivity contribution in [2.75, 3.05) is 0 Å². The lowest BCUT2D eigenvalue weighted by Crippen LogP contribution is -1.98. The van der Waals surface area contributed by atoms with Crippen LogP contribution in [0.25, 0.3) is 109 Å². The molecular formula is C52H32N2S. The molecule has 0 bridgehead atoms. The van der Waals surface area contributed by atoms with Crippen molar-refractivity contribution in [3.8, 4) is 56.2 Å². The quantitative estimate of drug-likeness (QED) is 0.131. The summed E-state index contributed by atoms with van der Waals surface area (Å²) in [5.41, 5.74) is 9.66. The predicted octanol–water partition coefficient (Wildman–Crippen LogP) is 14.6. The van der Waals surface area contributed by atoms with Gasteiger partial charge in [-0.15, -0.1) is 11.3 Å². The fourth-order valence-electron chi connectivity index (χ4n) is 8.32. The summed E-state index contributed by atoms with van der Waals surface area (Å²) in [6.07, 6.45) is 0. The van der Waals surface area contributed by atoms with Crippen molar-refractivity contribution in [1.82, 2.24) is 9.97 Å². The van der Waals surface area contributed by atoms with Crippen LogP contribution in [0.5, 0.6) is 0 Å². The molecule has 0 saturated carbocycles. The van der Waals surface area contributed by atoms with E-state index in [1.165, 1.54) is 52.8 Å². The maximum Gasteiger partial charge on any atom is 0.161 e. The van der Waals surface area contributed by atoms with Gasteiger partial charge in [-0.05, 0) is 78.8 Å². The Morgan fingerprint density at radius 2 is 0.945 bits per heavy atom. The van der Waals surface area contributed by atoms with E-state index in [0.29, 0.717) is 5.82 Å². The van der Waals surface area contributed by atoms with Gasteiger partial charge in [0.1, 0.15) is 0 Å². The Balaban J connectivity index is 1.15. The molecule has 0 N–H and O–H groups in total. The van der Waals surface area contributed by atoms with Crippen molar-refractivity contribution in [3.05, 3.63) is 194 Å². The summed E-state index contributed by atoms with van der Waals surface area (Å²) < 4.78 is 2.62. The third kappa shape index (κ3) is 5.32. The second-order valence-electron chi connectivity index (χ2n) is 14.1. The third-order valence-electron chi connectivity index (χ3n) is 10.9. The van der Waals surface area contributed by atoms with Crippen LogP contribution < -0.4 is 0 Å². The summed E-state index contributed by atoms with van der Waals surface area (Å²) in [6, 6.07) is 69.7.